The second kappa shape index (κ2) is 6.34. The highest BCUT2D eigenvalue weighted by Gasteiger charge is 2.19. The Bertz CT molecular complexity index is 543. The topological polar surface area (TPSA) is 102 Å². The van der Waals surface area contributed by atoms with E-state index in [1.54, 1.807) is 30.3 Å². The molecule has 0 atom stereocenters. The van der Waals surface area contributed by atoms with Crippen LogP contribution in [-0.4, -0.2) is 29.9 Å². The molecule has 0 spiro atoms. The van der Waals surface area contributed by atoms with Gasteiger partial charge in [-0.1, -0.05) is 18.2 Å². The number of nitrogens with zero attached hydrogens (tertiary/aromatic N) is 1. The SMILES string of the molecule is COC(=O)/C(C(N)=NC(=O)c1ccccc1)=C(/C)O. The summed E-state index contributed by atoms with van der Waals surface area (Å²) in [5.41, 5.74) is 5.54. The highest BCUT2D eigenvalue weighted by molar-refractivity contribution is 6.21. The van der Waals surface area contributed by atoms with Crippen LogP contribution in [0.1, 0.15) is 17.3 Å². The molecular weight excluding hydrogens is 248 g/mol. The van der Waals surface area contributed by atoms with Gasteiger partial charge >= 0.3 is 5.97 Å². The molecule has 0 aliphatic rings. The summed E-state index contributed by atoms with van der Waals surface area (Å²) in [6, 6.07) is 8.22. The summed E-state index contributed by atoms with van der Waals surface area (Å²) in [4.78, 5) is 26.7. The fourth-order valence-electron chi connectivity index (χ4n) is 1.35. The number of carbonyl (C=O) groups excluding carboxylic acids is 2. The van der Waals surface area contributed by atoms with Gasteiger partial charge in [-0.2, -0.15) is 4.99 Å². The van der Waals surface area contributed by atoms with Gasteiger partial charge in [-0.15, -0.1) is 0 Å². The van der Waals surface area contributed by atoms with Crippen molar-refractivity contribution in [2.75, 3.05) is 7.11 Å². The van der Waals surface area contributed by atoms with Crippen LogP contribution in [0.4, 0.5) is 0 Å². The first kappa shape index (κ1) is 14.4. The first-order valence-corrected chi connectivity index (χ1v) is 5.39. The van der Waals surface area contributed by atoms with Gasteiger partial charge in [0.25, 0.3) is 5.91 Å². The normalized spacial score (nSPS) is 12.6. The standard InChI is InChI=1S/C13H14N2O4/c1-8(16)10(13(18)19-2)11(14)15-12(17)9-6-4-3-5-7-9/h3-7,16H,1-2H3,(H2,14,15,17)/b10-8-. The number of hydrogen-bond acceptors (Lipinski definition) is 4. The molecule has 6 nitrogen and oxygen atoms in total. The zero-order valence-electron chi connectivity index (χ0n) is 10.6. The van der Waals surface area contributed by atoms with E-state index in [0.717, 1.165) is 7.11 Å². The highest BCUT2D eigenvalue weighted by Crippen LogP contribution is 2.06. The second-order valence-corrected chi connectivity index (χ2v) is 3.62. The Morgan fingerprint density at radius 2 is 1.84 bits per heavy atom. The molecule has 100 valence electrons. The van der Waals surface area contributed by atoms with Crippen molar-refractivity contribution in [3.63, 3.8) is 0 Å². The number of aliphatic imine (C=N–C) groups is 1. The molecule has 0 aromatic heterocycles. The average Bonchev–Trinajstić information content (AvgIpc) is 2.39. The number of aliphatic hydroxyl groups is 1. The zero-order chi connectivity index (χ0) is 14.4. The Balaban J connectivity index is 3.08. The van der Waals surface area contributed by atoms with Crippen LogP contribution in [0.3, 0.4) is 0 Å². The fraction of sp³-hybridized carbons (Fsp3) is 0.154. The Morgan fingerprint density at radius 1 is 1.26 bits per heavy atom. The van der Waals surface area contributed by atoms with E-state index < -0.39 is 11.9 Å². The maximum atomic E-state index is 11.8. The van der Waals surface area contributed by atoms with Crippen molar-refractivity contribution in [3.05, 3.63) is 47.2 Å². The third kappa shape index (κ3) is 3.67. The lowest BCUT2D eigenvalue weighted by Crippen LogP contribution is -2.25. The number of methoxy groups -OCH3 is 1. The van der Waals surface area contributed by atoms with Gasteiger partial charge in [0.05, 0.1) is 7.11 Å². The fourth-order valence-corrected chi connectivity index (χ4v) is 1.35. The molecule has 6 heteroatoms. The lowest BCUT2D eigenvalue weighted by molar-refractivity contribution is -0.135. The molecule has 0 radical (unpaired) electrons. The lowest BCUT2D eigenvalue weighted by atomic mass is 10.2. The molecule has 0 unspecified atom stereocenters. The Hall–Kier alpha value is -2.63. The van der Waals surface area contributed by atoms with E-state index >= 15 is 0 Å². The van der Waals surface area contributed by atoms with Crippen molar-refractivity contribution in [1.82, 2.24) is 0 Å². The molecule has 0 fully saturated rings. The number of aliphatic hydroxyl groups excluding tert-OH is 1. The van der Waals surface area contributed by atoms with Gasteiger partial charge in [-0.25, -0.2) is 4.79 Å². The van der Waals surface area contributed by atoms with Crippen LogP contribution in [0.15, 0.2) is 46.7 Å². The summed E-state index contributed by atoms with van der Waals surface area (Å²) in [6.45, 7) is 1.25. The first-order chi connectivity index (χ1) is 8.97. The smallest absolute Gasteiger partial charge is 0.345 e. The highest BCUT2D eigenvalue weighted by atomic mass is 16.5. The Kier molecular flexibility index (Phi) is 4.82. The first-order valence-electron chi connectivity index (χ1n) is 5.39. The number of ether oxygens (including phenoxy) is 1. The van der Waals surface area contributed by atoms with Crippen LogP contribution >= 0.6 is 0 Å². The molecule has 19 heavy (non-hydrogen) atoms. The van der Waals surface area contributed by atoms with E-state index in [1.165, 1.54) is 6.92 Å². The van der Waals surface area contributed by atoms with Crippen molar-refractivity contribution in [1.29, 1.82) is 0 Å². The van der Waals surface area contributed by atoms with Crippen LogP contribution in [-0.2, 0) is 9.53 Å². The molecule has 0 aliphatic heterocycles. The number of amidine groups is 1. The summed E-state index contributed by atoms with van der Waals surface area (Å²) >= 11 is 0. The van der Waals surface area contributed by atoms with Gasteiger partial charge in [0, 0.05) is 5.56 Å². The third-order valence-corrected chi connectivity index (χ3v) is 2.25. The molecule has 0 aliphatic carbocycles. The van der Waals surface area contributed by atoms with Gasteiger partial charge in [0.1, 0.15) is 17.2 Å². The third-order valence-electron chi connectivity index (χ3n) is 2.25. The summed E-state index contributed by atoms with van der Waals surface area (Å²) in [5, 5.41) is 9.37. The largest absolute Gasteiger partial charge is 0.512 e. The minimum absolute atomic E-state index is 0.324. The van der Waals surface area contributed by atoms with E-state index in [4.69, 9.17) is 5.73 Å². The summed E-state index contributed by atoms with van der Waals surface area (Å²) in [6.07, 6.45) is 0. The molecule has 0 heterocycles. The molecule has 1 amide bonds. The number of carbonyl (C=O) groups is 2. The average molecular weight is 262 g/mol. The van der Waals surface area contributed by atoms with Gasteiger partial charge in [0.2, 0.25) is 0 Å². The minimum atomic E-state index is -0.859. The lowest BCUT2D eigenvalue weighted by Gasteiger charge is -2.05. The predicted molar refractivity (Wildman–Crippen MR) is 69.7 cm³/mol. The maximum Gasteiger partial charge on any atom is 0.345 e. The van der Waals surface area contributed by atoms with Crippen LogP contribution in [0, 0.1) is 0 Å². The number of amides is 1. The molecule has 1 aromatic rings. The van der Waals surface area contributed by atoms with E-state index in [0.29, 0.717) is 5.56 Å². The van der Waals surface area contributed by atoms with Crippen molar-refractivity contribution in [2.45, 2.75) is 6.92 Å². The molecule has 3 N–H and O–H groups in total. The molecule has 0 bridgehead atoms. The number of rotatable bonds is 3. The van der Waals surface area contributed by atoms with E-state index in [9.17, 15) is 14.7 Å². The zero-order valence-corrected chi connectivity index (χ0v) is 10.6. The number of benzene rings is 1. The van der Waals surface area contributed by atoms with Gasteiger partial charge in [-0.05, 0) is 19.1 Å². The summed E-state index contributed by atoms with van der Waals surface area (Å²) in [5.74, 6) is -2.22. The maximum absolute atomic E-state index is 11.8. The number of nitrogens with two attached hydrogens (primary N) is 1. The van der Waals surface area contributed by atoms with Gasteiger partial charge in [0.15, 0.2) is 0 Å². The van der Waals surface area contributed by atoms with Gasteiger partial charge in [-0.3, -0.25) is 4.79 Å². The summed E-state index contributed by atoms with van der Waals surface area (Å²) in [7, 11) is 1.14. The number of allylic oxidation sites excluding steroid dienone is 1. The van der Waals surface area contributed by atoms with Crippen molar-refractivity contribution in [3.8, 4) is 0 Å². The van der Waals surface area contributed by atoms with Crippen molar-refractivity contribution in [2.24, 2.45) is 10.7 Å². The van der Waals surface area contributed by atoms with Gasteiger partial charge < -0.3 is 15.6 Å². The van der Waals surface area contributed by atoms with Crippen LogP contribution in [0.2, 0.25) is 0 Å². The predicted octanol–water partition coefficient (Wildman–Crippen LogP) is 1.19. The Labute approximate surface area is 110 Å². The van der Waals surface area contributed by atoms with Crippen LogP contribution in [0.5, 0.6) is 0 Å². The Morgan fingerprint density at radius 3 is 2.32 bits per heavy atom. The van der Waals surface area contributed by atoms with Crippen LogP contribution < -0.4 is 5.73 Å². The quantitative estimate of drug-likeness (QED) is 0.280. The number of esters is 1. The van der Waals surface area contributed by atoms with Crippen LogP contribution in [0.25, 0.3) is 0 Å². The van der Waals surface area contributed by atoms with E-state index in [1.807, 2.05) is 0 Å². The van der Waals surface area contributed by atoms with Crippen molar-refractivity contribution < 1.29 is 19.4 Å². The molecule has 1 aromatic carbocycles. The molecular formula is C13H14N2O4. The summed E-state index contributed by atoms with van der Waals surface area (Å²) < 4.78 is 4.45. The van der Waals surface area contributed by atoms with Crippen molar-refractivity contribution >= 4 is 17.7 Å². The van der Waals surface area contributed by atoms with E-state index in [2.05, 4.69) is 9.73 Å². The molecule has 0 saturated carbocycles. The molecule has 1 rings (SSSR count). The second-order valence-electron chi connectivity index (χ2n) is 3.62. The number of hydrogen-bond donors (Lipinski definition) is 2. The monoisotopic (exact) mass is 262 g/mol. The van der Waals surface area contributed by atoms with E-state index in [-0.39, 0.29) is 17.2 Å². The minimum Gasteiger partial charge on any atom is -0.512 e. The molecule has 0 saturated heterocycles.